The molecule has 42 heavy (non-hydrogen) atoms. The number of hydrogen-bond acceptors (Lipinski definition) is 8. The van der Waals surface area contributed by atoms with Gasteiger partial charge < -0.3 is 29.3 Å². The highest BCUT2D eigenvalue weighted by atomic mass is 16.6. The summed E-state index contributed by atoms with van der Waals surface area (Å²) in [6, 6.07) is 16.3. The molecule has 1 saturated heterocycles. The molecule has 11 heteroatoms. The standard InChI is InChI=1S/C31H36N4O7/c1-3-4-16-40-31(39)35-14-12-34(13-15-35)28(36)19-32-30(38)26-18-27(24-11-10-22(2)17-25(24)33-26)41-21-29(37)42-20-23-8-6-5-7-9-23/h5-11,17-18H,3-4,12-16,19-21H2,1-2H3,(H,32,38). The maximum atomic E-state index is 13.0. The van der Waals surface area contributed by atoms with Gasteiger partial charge in [-0.2, -0.15) is 0 Å². The van der Waals surface area contributed by atoms with Crippen LogP contribution in [0.5, 0.6) is 5.75 Å². The number of piperazine rings is 1. The number of carbonyl (C=O) groups excluding carboxylic acids is 4. The van der Waals surface area contributed by atoms with Crippen LogP contribution < -0.4 is 10.1 Å². The van der Waals surface area contributed by atoms with Gasteiger partial charge in [0.25, 0.3) is 5.91 Å². The molecular formula is C31H36N4O7. The fourth-order valence-corrected chi connectivity index (χ4v) is 4.35. The van der Waals surface area contributed by atoms with Gasteiger partial charge in [-0.1, -0.05) is 49.7 Å². The number of rotatable bonds is 11. The highest BCUT2D eigenvalue weighted by Gasteiger charge is 2.25. The van der Waals surface area contributed by atoms with E-state index in [0.717, 1.165) is 24.0 Å². The second-order valence-electron chi connectivity index (χ2n) is 9.98. The van der Waals surface area contributed by atoms with Crippen LogP contribution in [0.15, 0.2) is 54.6 Å². The van der Waals surface area contributed by atoms with Crippen molar-refractivity contribution in [1.82, 2.24) is 20.1 Å². The molecule has 0 atom stereocenters. The number of unbranched alkanes of at least 4 members (excludes halogenated alkanes) is 1. The predicted octanol–water partition coefficient (Wildman–Crippen LogP) is 3.48. The molecule has 1 aromatic heterocycles. The number of amides is 3. The third-order valence-corrected chi connectivity index (χ3v) is 6.76. The number of fused-ring (bicyclic) bond motifs is 1. The highest BCUT2D eigenvalue weighted by molar-refractivity contribution is 5.98. The van der Waals surface area contributed by atoms with E-state index in [1.165, 1.54) is 6.07 Å². The van der Waals surface area contributed by atoms with E-state index in [2.05, 4.69) is 10.3 Å². The molecule has 0 radical (unpaired) electrons. The van der Waals surface area contributed by atoms with E-state index in [1.807, 2.05) is 62.4 Å². The Morgan fingerprint density at radius 2 is 1.67 bits per heavy atom. The molecule has 0 spiro atoms. The van der Waals surface area contributed by atoms with Crippen LogP contribution in [0, 0.1) is 6.92 Å². The number of esters is 1. The van der Waals surface area contributed by atoms with Crippen LogP contribution >= 0.6 is 0 Å². The molecule has 1 aliphatic heterocycles. The van der Waals surface area contributed by atoms with E-state index >= 15 is 0 Å². The second-order valence-corrected chi connectivity index (χ2v) is 9.98. The first-order chi connectivity index (χ1) is 20.3. The van der Waals surface area contributed by atoms with Crippen molar-refractivity contribution < 1.29 is 33.4 Å². The number of nitrogens with zero attached hydrogens (tertiary/aromatic N) is 3. The number of carbonyl (C=O) groups is 4. The molecule has 0 unspecified atom stereocenters. The molecule has 0 aliphatic carbocycles. The first-order valence-corrected chi connectivity index (χ1v) is 14.1. The summed E-state index contributed by atoms with van der Waals surface area (Å²) in [7, 11) is 0. The minimum atomic E-state index is -0.554. The fourth-order valence-electron chi connectivity index (χ4n) is 4.35. The SMILES string of the molecule is CCCCOC(=O)N1CCN(C(=O)CNC(=O)c2cc(OCC(=O)OCc3ccccc3)c3ccc(C)cc3n2)CC1. The summed E-state index contributed by atoms with van der Waals surface area (Å²) in [6.07, 6.45) is 1.38. The van der Waals surface area contributed by atoms with Gasteiger partial charge in [0.05, 0.1) is 18.7 Å². The third-order valence-electron chi connectivity index (χ3n) is 6.76. The molecule has 0 saturated carbocycles. The summed E-state index contributed by atoms with van der Waals surface area (Å²) in [5.74, 6) is -1.07. The average molecular weight is 577 g/mol. The molecule has 2 heterocycles. The van der Waals surface area contributed by atoms with Crippen LogP contribution in [-0.4, -0.2) is 84.6 Å². The normalized spacial score (nSPS) is 13.0. The van der Waals surface area contributed by atoms with E-state index in [-0.39, 0.29) is 37.5 Å². The Bertz CT molecular complexity index is 1410. The number of benzene rings is 2. The highest BCUT2D eigenvalue weighted by Crippen LogP contribution is 2.26. The minimum absolute atomic E-state index is 0.0493. The lowest BCUT2D eigenvalue weighted by Gasteiger charge is -2.34. The first kappa shape index (κ1) is 30.3. The Morgan fingerprint density at radius 3 is 2.40 bits per heavy atom. The lowest BCUT2D eigenvalue weighted by atomic mass is 10.1. The monoisotopic (exact) mass is 576 g/mol. The van der Waals surface area contributed by atoms with Gasteiger partial charge in [-0.15, -0.1) is 0 Å². The molecule has 3 aromatic rings. The summed E-state index contributed by atoms with van der Waals surface area (Å²) < 4.78 is 16.3. The maximum Gasteiger partial charge on any atom is 0.409 e. The topological polar surface area (TPSA) is 127 Å². The van der Waals surface area contributed by atoms with Gasteiger partial charge in [0.1, 0.15) is 18.1 Å². The zero-order chi connectivity index (χ0) is 29.9. The van der Waals surface area contributed by atoms with E-state index < -0.39 is 11.9 Å². The minimum Gasteiger partial charge on any atom is -0.481 e. The number of aryl methyl sites for hydroxylation is 1. The Morgan fingerprint density at radius 1 is 0.929 bits per heavy atom. The van der Waals surface area contributed by atoms with Gasteiger partial charge in [0.15, 0.2) is 6.61 Å². The molecule has 4 rings (SSSR count). The Labute approximate surface area is 244 Å². The lowest BCUT2D eigenvalue weighted by Crippen LogP contribution is -2.52. The van der Waals surface area contributed by atoms with E-state index in [4.69, 9.17) is 14.2 Å². The van der Waals surface area contributed by atoms with Crippen LogP contribution in [0.2, 0.25) is 0 Å². The van der Waals surface area contributed by atoms with Gasteiger partial charge in [-0.25, -0.2) is 14.6 Å². The van der Waals surface area contributed by atoms with Gasteiger partial charge in [-0.05, 0) is 36.6 Å². The lowest BCUT2D eigenvalue weighted by molar-refractivity contribution is -0.147. The van der Waals surface area contributed by atoms with E-state index in [9.17, 15) is 19.2 Å². The van der Waals surface area contributed by atoms with E-state index in [1.54, 1.807) is 9.80 Å². The van der Waals surface area contributed by atoms with Crippen LogP contribution in [0.4, 0.5) is 4.79 Å². The molecule has 1 aliphatic rings. The molecule has 1 N–H and O–H groups in total. The fraction of sp³-hybridized carbons (Fsp3) is 0.387. The van der Waals surface area contributed by atoms with Crippen molar-refractivity contribution in [3.8, 4) is 5.75 Å². The molecule has 2 aromatic carbocycles. The largest absolute Gasteiger partial charge is 0.481 e. The summed E-state index contributed by atoms with van der Waals surface area (Å²) in [5.41, 5.74) is 2.36. The zero-order valence-corrected chi connectivity index (χ0v) is 24.0. The first-order valence-electron chi connectivity index (χ1n) is 14.1. The summed E-state index contributed by atoms with van der Waals surface area (Å²) in [6.45, 7) is 5.29. The van der Waals surface area contributed by atoms with Crippen molar-refractivity contribution >= 4 is 34.8 Å². The van der Waals surface area contributed by atoms with Crippen molar-refractivity contribution in [2.45, 2.75) is 33.3 Å². The predicted molar refractivity (Wildman–Crippen MR) is 155 cm³/mol. The van der Waals surface area contributed by atoms with Crippen LogP contribution in [0.25, 0.3) is 10.9 Å². The quantitative estimate of drug-likeness (QED) is 0.272. The number of pyridine rings is 1. The third kappa shape index (κ3) is 8.42. The van der Waals surface area contributed by atoms with Crippen LogP contribution in [0.3, 0.4) is 0 Å². The average Bonchev–Trinajstić information content (AvgIpc) is 3.01. The molecule has 3 amide bonds. The van der Waals surface area contributed by atoms with Gasteiger partial charge >= 0.3 is 12.1 Å². The van der Waals surface area contributed by atoms with Crippen molar-refractivity contribution in [2.75, 3.05) is 45.9 Å². The van der Waals surface area contributed by atoms with Gasteiger partial charge in [0.2, 0.25) is 5.91 Å². The van der Waals surface area contributed by atoms with Crippen molar-refractivity contribution in [3.63, 3.8) is 0 Å². The van der Waals surface area contributed by atoms with Crippen molar-refractivity contribution in [2.24, 2.45) is 0 Å². The summed E-state index contributed by atoms with van der Waals surface area (Å²) in [4.78, 5) is 57.9. The summed E-state index contributed by atoms with van der Waals surface area (Å²) in [5, 5.41) is 3.26. The Hall–Kier alpha value is -4.67. The number of aromatic nitrogens is 1. The van der Waals surface area contributed by atoms with Gasteiger partial charge in [-0.3, -0.25) is 9.59 Å². The maximum absolute atomic E-state index is 13.0. The molecule has 1 fully saturated rings. The number of hydrogen-bond donors (Lipinski definition) is 1. The molecule has 0 bridgehead atoms. The van der Waals surface area contributed by atoms with Crippen LogP contribution in [-0.2, 0) is 25.7 Å². The molecule has 222 valence electrons. The van der Waals surface area contributed by atoms with Crippen LogP contribution in [0.1, 0.15) is 41.4 Å². The van der Waals surface area contributed by atoms with Crippen molar-refractivity contribution in [1.29, 1.82) is 0 Å². The number of ether oxygens (including phenoxy) is 3. The molecule has 11 nitrogen and oxygen atoms in total. The van der Waals surface area contributed by atoms with Gasteiger partial charge in [0, 0.05) is 37.6 Å². The van der Waals surface area contributed by atoms with Crippen molar-refractivity contribution in [3.05, 3.63) is 71.4 Å². The number of nitrogens with one attached hydrogen (secondary N) is 1. The summed E-state index contributed by atoms with van der Waals surface area (Å²) >= 11 is 0. The second kappa shape index (κ2) is 14.8. The Kier molecular flexibility index (Phi) is 10.7. The van der Waals surface area contributed by atoms with E-state index in [0.29, 0.717) is 49.4 Å². The molecular weight excluding hydrogens is 540 g/mol. The zero-order valence-electron chi connectivity index (χ0n) is 24.0. The smallest absolute Gasteiger partial charge is 0.409 e. The Balaban J connectivity index is 1.33.